The molecule has 5 heterocycles. The minimum absolute atomic E-state index is 0.345. The molecule has 3 aromatic heterocycles. The van der Waals surface area contributed by atoms with Crippen LogP contribution >= 0.6 is 0 Å². The predicted molar refractivity (Wildman–Crippen MR) is 88.2 cm³/mol. The number of H-pyrrole nitrogens is 2. The third kappa shape index (κ3) is 1.85. The van der Waals surface area contributed by atoms with Crippen LogP contribution in [-0.4, -0.2) is 36.6 Å². The number of rotatable bonds is 2. The van der Waals surface area contributed by atoms with Crippen molar-refractivity contribution in [2.24, 2.45) is 0 Å². The Balaban J connectivity index is 1.74. The average molecular weight is 324 g/mol. The van der Waals surface area contributed by atoms with Crippen molar-refractivity contribution in [3.8, 4) is 11.3 Å². The number of nitrogens with zero attached hydrogens (tertiary/aromatic N) is 4. The van der Waals surface area contributed by atoms with E-state index in [2.05, 4.69) is 25.0 Å². The molecule has 2 N–H and O–H groups in total. The molecule has 0 spiro atoms. The molecule has 122 valence electrons. The van der Waals surface area contributed by atoms with E-state index < -0.39 is 11.2 Å². The Hall–Kier alpha value is -2.90. The molecule has 0 unspecified atom stereocenters. The lowest BCUT2D eigenvalue weighted by atomic mass is 10.0. The lowest BCUT2D eigenvalue weighted by Gasteiger charge is -2.25. The van der Waals surface area contributed by atoms with Crippen LogP contribution in [0.25, 0.3) is 16.9 Å². The molecule has 2 aliphatic heterocycles. The van der Waals surface area contributed by atoms with Crippen molar-refractivity contribution in [2.45, 2.75) is 37.8 Å². The Kier molecular flexibility index (Phi) is 2.70. The van der Waals surface area contributed by atoms with Crippen LogP contribution in [0.5, 0.6) is 0 Å². The monoisotopic (exact) mass is 324 g/mol. The highest BCUT2D eigenvalue weighted by Crippen LogP contribution is 2.42. The van der Waals surface area contributed by atoms with E-state index in [1.807, 2.05) is 6.07 Å². The Bertz CT molecular complexity index is 1030. The van der Waals surface area contributed by atoms with Crippen LogP contribution < -0.4 is 16.1 Å². The van der Waals surface area contributed by atoms with Crippen LogP contribution in [0.2, 0.25) is 0 Å². The largest absolute Gasteiger partial charge is 0.362 e. The van der Waals surface area contributed by atoms with Gasteiger partial charge < -0.3 is 9.88 Å². The molecule has 2 aliphatic rings. The second kappa shape index (κ2) is 4.80. The zero-order valence-corrected chi connectivity index (χ0v) is 12.9. The van der Waals surface area contributed by atoms with Crippen molar-refractivity contribution in [3.05, 3.63) is 45.5 Å². The van der Waals surface area contributed by atoms with Crippen LogP contribution in [0.3, 0.4) is 0 Å². The number of aromatic amines is 2. The third-order valence-electron chi connectivity index (χ3n) is 5.17. The number of imidazole rings is 1. The summed E-state index contributed by atoms with van der Waals surface area (Å²) in [5.74, 6) is 0. The Morgan fingerprint density at radius 3 is 2.58 bits per heavy atom. The molecule has 24 heavy (non-hydrogen) atoms. The molecular weight excluding hydrogens is 308 g/mol. The van der Waals surface area contributed by atoms with Crippen molar-refractivity contribution >= 4 is 11.3 Å². The first kappa shape index (κ1) is 13.5. The van der Waals surface area contributed by atoms with E-state index in [1.54, 1.807) is 16.9 Å². The van der Waals surface area contributed by atoms with Crippen LogP contribution in [-0.2, 0) is 0 Å². The summed E-state index contributed by atoms with van der Waals surface area (Å²) in [7, 11) is 0. The van der Waals surface area contributed by atoms with Gasteiger partial charge in [0, 0.05) is 30.7 Å². The lowest BCUT2D eigenvalue weighted by molar-refractivity contribution is 0.576. The molecule has 0 amide bonds. The highest BCUT2D eigenvalue weighted by molar-refractivity contribution is 5.75. The van der Waals surface area contributed by atoms with E-state index in [-0.39, 0.29) is 0 Å². The van der Waals surface area contributed by atoms with E-state index in [9.17, 15) is 9.59 Å². The smallest absolute Gasteiger partial charge is 0.325 e. The van der Waals surface area contributed by atoms with Crippen molar-refractivity contribution in [1.82, 2.24) is 24.6 Å². The van der Waals surface area contributed by atoms with E-state index in [0.717, 1.165) is 11.3 Å². The molecule has 0 aromatic carbocycles. The molecule has 2 bridgehead atoms. The fourth-order valence-electron chi connectivity index (χ4n) is 4.13. The fourth-order valence-corrected chi connectivity index (χ4v) is 4.13. The molecule has 0 aliphatic carbocycles. The number of anilines is 1. The summed E-state index contributed by atoms with van der Waals surface area (Å²) in [5.41, 5.74) is 1.72. The van der Waals surface area contributed by atoms with Crippen molar-refractivity contribution < 1.29 is 0 Å². The molecule has 5 rings (SSSR count). The summed E-state index contributed by atoms with van der Waals surface area (Å²) < 4.78 is 1.70. The van der Waals surface area contributed by atoms with Gasteiger partial charge in [0.2, 0.25) is 0 Å². The van der Waals surface area contributed by atoms with Gasteiger partial charge in [-0.2, -0.15) is 5.10 Å². The van der Waals surface area contributed by atoms with E-state index >= 15 is 0 Å². The van der Waals surface area contributed by atoms with Gasteiger partial charge in [0.05, 0.1) is 11.3 Å². The molecule has 2 saturated heterocycles. The van der Waals surface area contributed by atoms with E-state index in [0.29, 0.717) is 23.3 Å². The molecule has 0 saturated carbocycles. The van der Waals surface area contributed by atoms with Crippen molar-refractivity contribution in [3.63, 3.8) is 0 Å². The number of fused-ring (bicyclic) bond motifs is 3. The zero-order chi connectivity index (χ0) is 16.3. The molecular formula is C16H16N6O2. The summed E-state index contributed by atoms with van der Waals surface area (Å²) in [6.07, 6.45) is 9.71. The predicted octanol–water partition coefficient (Wildman–Crippen LogP) is 0.904. The lowest BCUT2D eigenvalue weighted by Crippen LogP contribution is -2.29. The van der Waals surface area contributed by atoms with Gasteiger partial charge in [0.15, 0.2) is 5.65 Å². The van der Waals surface area contributed by atoms with Crippen LogP contribution in [0.4, 0.5) is 5.69 Å². The quantitative estimate of drug-likeness (QED) is 0.730. The SMILES string of the molecule is O=c1[nH]cc(-c2cc(N3C4CCC3CC4)c3nccn3n2)c(=O)[nH]1. The maximum atomic E-state index is 12.1. The second-order valence-corrected chi connectivity index (χ2v) is 6.47. The average Bonchev–Trinajstić information content (AvgIpc) is 3.29. The second-order valence-electron chi connectivity index (χ2n) is 6.47. The summed E-state index contributed by atoms with van der Waals surface area (Å²) in [6, 6.07) is 3.00. The first-order valence-corrected chi connectivity index (χ1v) is 8.16. The van der Waals surface area contributed by atoms with Gasteiger partial charge in [-0.25, -0.2) is 14.3 Å². The minimum Gasteiger partial charge on any atom is -0.362 e. The van der Waals surface area contributed by atoms with Gasteiger partial charge in [-0.3, -0.25) is 9.78 Å². The van der Waals surface area contributed by atoms with Crippen molar-refractivity contribution in [1.29, 1.82) is 0 Å². The topological polar surface area (TPSA) is 99.2 Å². The van der Waals surface area contributed by atoms with Gasteiger partial charge in [-0.05, 0) is 31.7 Å². The van der Waals surface area contributed by atoms with Crippen LogP contribution in [0.15, 0.2) is 34.2 Å². The first-order chi connectivity index (χ1) is 11.7. The zero-order valence-electron chi connectivity index (χ0n) is 12.9. The molecule has 8 heteroatoms. The van der Waals surface area contributed by atoms with Gasteiger partial charge in [0.25, 0.3) is 5.56 Å². The molecule has 3 aromatic rings. The molecule has 2 fully saturated rings. The first-order valence-electron chi connectivity index (χ1n) is 8.16. The van der Waals surface area contributed by atoms with Crippen LogP contribution in [0, 0.1) is 0 Å². The summed E-state index contributed by atoms with van der Waals surface area (Å²) in [5, 5.41) is 4.48. The van der Waals surface area contributed by atoms with Gasteiger partial charge in [0.1, 0.15) is 5.69 Å². The highest BCUT2D eigenvalue weighted by atomic mass is 16.2. The highest BCUT2D eigenvalue weighted by Gasteiger charge is 2.40. The Morgan fingerprint density at radius 2 is 1.88 bits per heavy atom. The third-order valence-corrected chi connectivity index (χ3v) is 5.17. The number of hydrogen-bond donors (Lipinski definition) is 2. The van der Waals surface area contributed by atoms with E-state index in [1.165, 1.54) is 31.9 Å². The molecule has 8 nitrogen and oxygen atoms in total. The molecule has 0 radical (unpaired) electrons. The summed E-state index contributed by atoms with van der Waals surface area (Å²) >= 11 is 0. The van der Waals surface area contributed by atoms with Gasteiger partial charge in [-0.15, -0.1) is 0 Å². The van der Waals surface area contributed by atoms with Gasteiger partial charge in [-0.1, -0.05) is 0 Å². The summed E-state index contributed by atoms with van der Waals surface area (Å²) in [4.78, 5) is 35.0. The Morgan fingerprint density at radius 1 is 1.12 bits per heavy atom. The number of aromatic nitrogens is 5. The normalized spacial score (nSPS) is 22.6. The molecule has 0 atom stereocenters. The summed E-state index contributed by atoms with van der Waals surface area (Å²) in [6.45, 7) is 0. The Labute approximate surface area is 136 Å². The van der Waals surface area contributed by atoms with Gasteiger partial charge >= 0.3 is 5.69 Å². The van der Waals surface area contributed by atoms with E-state index in [4.69, 9.17) is 0 Å². The number of nitrogens with one attached hydrogen (secondary N) is 2. The van der Waals surface area contributed by atoms with Crippen molar-refractivity contribution in [2.75, 3.05) is 4.90 Å². The number of hydrogen-bond acceptors (Lipinski definition) is 5. The maximum Gasteiger partial charge on any atom is 0.325 e. The standard InChI is InChI=1S/C16H16N6O2/c23-15-11(8-18-16(24)19-15)12-7-13(14-17-5-6-21(14)20-12)22-9-1-2-10(22)4-3-9/h5-10H,1-4H2,(H2,18,19,23,24). The minimum atomic E-state index is -0.523. The fraction of sp³-hybridized carbons (Fsp3) is 0.375. The maximum absolute atomic E-state index is 12.1. The van der Waals surface area contributed by atoms with Crippen LogP contribution in [0.1, 0.15) is 25.7 Å².